The van der Waals surface area contributed by atoms with Crippen molar-refractivity contribution in [1.29, 1.82) is 0 Å². The summed E-state index contributed by atoms with van der Waals surface area (Å²) < 4.78 is 0. The van der Waals surface area contributed by atoms with Crippen LogP contribution in [-0.4, -0.2) is 17.8 Å². The van der Waals surface area contributed by atoms with Gasteiger partial charge in [-0.25, -0.2) is 0 Å². The first-order valence-corrected chi connectivity index (χ1v) is 4.61. The Morgan fingerprint density at radius 3 is 2.36 bits per heavy atom. The fourth-order valence-corrected chi connectivity index (χ4v) is 1.40. The molecule has 0 aliphatic carbocycles. The monoisotopic (exact) mass is 159 g/mol. The third kappa shape index (κ3) is 5.22. The van der Waals surface area contributed by atoms with Gasteiger partial charge >= 0.3 is 0 Å². The summed E-state index contributed by atoms with van der Waals surface area (Å²) in [5.74, 6) is 0.710. The van der Waals surface area contributed by atoms with Crippen molar-refractivity contribution in [2.75, 3.05) is 6.61 Å². The van der Waals surface area contributed by atoms with Gasteiger partial charge in [-0.3, -0.25) is 0 Å². The average molecular weight is 159 g/mol. The molecule has 2 atom stereocenters. The summed E-state index contributed by atoms with van der Waals surface area (Å²) in [6.45, 7) is 4.50. The number of hydrogen-bond donors (Lipinski definition) is 2. The van der Waals surface area contributed by atoms with Gasteiger partial charge in [0.25, 0.3) is 0 Å². The molecule has 2 nitrogen and oxygen atoms in total. The second-order valence-electron chi connectivity index (χ2n) is 3.24. The Labute approximate surface area is 69.8 Å². The lowest BCUT2D eigenvalue weighted by atomic mass is 9.93. The maximum absolute atomic E-state index is 8.72. The van der Waals surface area contributed by atoms with Gasteiger partial charge in [-0.2, -0.15) is 0 Å². The van der Waals surface area contributed by atoms with Crippen molar-refractivity contribution in [2.24, 2.45) is 11.7 Å². The normalized spacial score (nSPS) is 16.4. The van der Waals surface area contributed by atoms with Crippen LogP contribution in [-0.2, 0) is 0 Å². The summed E-state index contributed by atoms with van der Waals surface area (Å²) in [4.78, 5) is 0. The van der Waals surface area contributed by atoms with Gasteiger partial charge in [0.2, 0.25) is 0 Å². The highest BCUT2D eigenvalue weighted by Gasteiger charge is 2.09. The molecule has 0 radical (unpaired) electrons. The van der Waals surface area contributed by atoms with Crippen LogP contribution in [0.2, 0.25) is 0 Å². The summed E-state index contributed by atoms with van der Waals surface area (Å²) >= 11 is 0. The average Bonchev–Trinajstić information content (AvgIpc) is 2.03. The van der Waals surface area contributed by atoms with Gasteiger partial charge < -0.3 is 10.8 Å². The van der Waals surface area contributed by atoms with Gasteiger partial charge in [0.1, 0.15) is 0 Å². The first-order valence-electron chi connectivity index (χ1n) is 4.61. The van der Waals surface area contributed by atoms with Crippen molar-refractivity contribution >= 4 is 0 Å². The fraction of sp³-hybridized carbons (Fsp3) is 1.00. The van der Waals surface area contributed by atoms with Crippen molar-refractivity contribution in [3.8, 4) is 0 Å². The largest absolute Gasteiger partial charge is 0.395 e. The molecule has 0 aromatic heterocycles. The molecule has 0 rings (SSSR count). The Kier molecular flexibility index (Phi) is 6.57. The van der Waals surface area contributed by atoms with E-state index in [4.69, 9.17) is 10.8 Å². The molecule has 0 saturated heterocycles. The van der Waals surface area contributed by atoms with E-state index in [1.54, 1.807) is 0 Å². The smallest absolute Gasteiger partial charge is 0.0582 e. The molecule has 0 saturated carbocycles. The van der Waals surface area contributed by atoms with Crippen molar-refractivity contribution in [3.05, 3.63) is 0 Å². The minimum atomic E-state index is -0.00787. The fourth-order valence-electron chi connectivity index (χ4n) is 1.40. The summed E-state index contributed by atoms with van der Waals surface area (Å²) in [6.07, 6.45) is 4.61. The molecule has 0 aromatic rings. The van der Waals surface area contributed by atoms with Crippen LogP contribution in [0.5, 0.6) is 0 Å². The lowest BCUT2D eigenvalue weighted by Crippen LogP contribution is -2.27. The van der Waals surface area contributed by atoms with E-state index in [0.29, 0.717) is 5.92 Å². The number of aliphatic hydroxyl groups is 1. The predicted octanol–water partition coefficient (Wildman–Crippen LogP) is 1.52. The molecule has 0 aromatic carbocycles. The van der Waals surface area contributed by atoms with E-state index < -0.39 is 0 Å². The second-order valence-corrected chi connectivity index (χ2v) is 3.24. The maximum atomic E-state index is 8.72. The zero-order chi connectivity index (χ0) is 8.69. The first kappa shape index (κ1) is 10.9. The van der Waals surface area contributed by atoms with Crippen LogP contribution in [0, 0.1) is 5.92 Å². The van der Waals surface area contributed by atoms with Gasteiger partial charge in [-0.1, -0.05) is 33.1 Å². The highest BCUT2D eigenvalue weighted by molar-refractivity contribution is 4.66. The Bertz CT molecular complexity index is 85.6. The van der Waals surface area contributed by atoms with E-state index in [9.17, 15) is 0 Å². The van der Waals surface area contributed by atoms with Crippen LogP contribution in [0.15, 0.2) is 0 Å². The Morgan fingerprint density at radius 1 is 1.36 bits per heavy atom. The van der Waals surface area contributed by atoms with Gasteiger partial charge in [0, 0.05) is 6.04 Å². The minimum absolute atomic E-state index is 0.00787. The molecule has 0 spiro atoms. The second kappa shape index (κ2) is 6.62. The Morgan fingerprint density at radius 2 is 2.00 bits per heavy atom. The van der Waals surface area contributed by atoms with Gasteiger partial charge in [-0.15, -0.1) is 0 Å². The number of hydrogen-bond acceptors (Lipinski definition) is 2. The van der Waals surface area contributed by atoms with E-state index in [1.807, 2.05) is 0 Å². The van der Waals surface area contributed by atoms with E-state index in [2.05, 4.69) is 13.8 Å². The SMILES string of the molecule is CCCC(CC)C[C@H](N)CO. The molecule has 0 aliphatic rings. The third-order valence-electron chi connectivity index (χ3n) is 2.14. The van der Waals surface area contributed by atoms with Crippen LogP contribution in [0.1, 0.15) is 39.5 Å². The zero-order valence-corrected chi connectivity index (χ0v) is 7.71. The predicted molar refractivity (Wildman–Crippen MR) is 48.4 cm³/mol. The zero-order valence-electron chi connectivity index (χ0n) is 7.71. The maximum Gasteiger partial charge on any atom is 0.0582 e. The van der Waals surface area contributed by atoms with Crippen molar-refractivity contribution < 1.29 is 5.11 Å². The molecule has 0 bridgehead atoms. The van der Waals surface area contributed by atoms with Crippen LogP contribution in [0.3, 0.4) is 0 Å². The third-order valence-corrected chi connectivity index (χ3v) is 2.14. The molecule has 2 heteroatoms. The highest BCUT2D eigenvalue weighted by atomic mass is 16.3. The minimum Gasteiger partial charge on any atom is -0.395 e. The van der Waals surface area contributed by atoms with Gasteiger partial charge in [0.15, 0.2) is 0 Å². The van der Waals surface area contributed by atoms with Crippen LogP contribution >= 0.6 is 0 Å². The quantitative estimate of drug-likeness (QED) is 0.617. The molecule has 11 heavy (non-hydrogen) atoms. The Hall–Kier alpha value is -0.0800. The summed E-state index contributed by atoms with van der Waals surface area (Å²) in [5.41, 5.74) is 5.63. The standard InChI is InChI=1S/C9H21NO/c1-3-5-8(4-2)6-9(10)7-11/h8-9,11H,3-7,10H2,1-2H3/t8?,9-/m0/s1. The van der Waals surface area contributed by atoms with Gasteiger partial charge in [-0.05, 0) is 12.3 Å². The van der Waals surface area contributed by atoms with Crippen molar-refractivity contribution in [3.63, 3.8) is 0 Å². The lowest BCUT2D eigenvalue weighted by molar-refractivity contribution is 0.239. The van der Waals surface area contributed by atoms with Crippen LogP contribution in [0.4, 0.5) is 0 Å². The molecule has 0 fully saturated rings. The molecule has 1 unspecified atom stereocenters. The van der Waals surface area contributed by atoms with Crippen LogP contribution in [0.25, 0.3) is 0 Å². The van der Waals surface area contributed by atoms with E-state index in [0.717, 1.165) is 6.42 Å². The summed E-state index contributed by atoms with van der Waals surface area (Å²) in [7, 11) is 0. The van der Waals surface area contributed by atoms with E-state index >= 15 is 0 Å². The van der Waals surface area contributed by atoms with Gasteiger partial charge in [0.05, 0.1) is 6.61 Å². The van der Waals surface area contributed by atoms with Crippen molar-refractivity contribution in [1.82, 2.24) is 0 Å². The van der Waals surface area contributed by atoms with E-state index in [1.165, 1.54) is 19.3 Å². The van der Waals surface area contributed by atoms with Crippen molar-refractivity contribution in [2.45, 2.75) is 45.6 Å². The molecular formula is C9H21NO. The summed E-state index contributed by atoms with van der Waals surface area (Å²) in [6, 6.07) is -0.00787. The molecular weight excluding hydrogens is 138 g/mol. The first-order chi connectivity index (χ1) is 5.24. The molecule has 0 aliphatic heterocycles. The number of rotatable bonds is 6. The number of nitrogens with two attached hydrogens (primary N) is 1. The molecule has 68 valence electrons. The lowest BCUT2D eigenvalue weighted by Gasteiger charge is -2.16. The summed E-state index contributed by atoms with van der Waals surface area (Å²) in [5, 5.41) is 8.72. The molecule has 3 N–H and O–H groups in total. The number of aliphatic hydroxyl groups excluding tert-OH is 1. The highest BCUT2D eigenvalue weighted by Crippen LogP contribution is 2.15. The molecule has 0 amide bonds. The van der Waals surface area contributed by atoms with E-state index in [-0.39, 0.29) is 12.6 Å². The topological polar surface area (TPSA) is 46.2 Å². The van der Waals surface area contributed by atoms with Crippen LogP contribution < -0.4 is 5.73 Å². The Balaban J connectivity index is 3.49. The molecule has 0 heterocycles.